The quantitative estimate of drug-likeness (QED) is 0.172. The lowest BCUT2D eigenvalue weighted by molar-refractivity contribution is -0.138. The summed E-state index contributed by atoms with van der Waals surface area (Å²) in [6, 6.07) is 25.3. The van der Waals surface area contributed by atoms with Crippen LogP contribution >= 0.6 is 45.9 Å². The summed E-state index contributed by atoms with van der Waals surface area (Å²) in [5.41, 5.74) is 2.74. The van der Waals surface area contributed by atoms with E-state index in [4.69, 9.17) is 37.7 Å². The van der Waals surface area contributed by atoms with Gasteiger partial charge in [0.25, 0.3) is 5.56 Å². The Morgan fingerprint density at radius 3 is 2.56 bits per heavy atom. The third kappa shape index (κ3) is 5.96. The molecule has 216 valence electrons. The van der Waals surface area contributed by atoms with E-state index in [1.165, 1.54) is 22.7 Å². The van der Waals surface area contributed by atoms with Crippen molar-refractivity contribution in [2.24, 2.45) is 4.99 Å². The molecule has 1 aliphatic rings. The van der Waals surface area contributed by atoms with Gasteiger partial charge in [-0.3, -0.25) is 9.36 Å². The fourth-order valence-electron chi connectivity index (χ4n) is 4.83. The van der Waals surface area contributed by atoms with Crippen LogP contribution in [0.3, 0.4) is 0 Å². The Morgan fingerprint density at radius 1 is 1.02 bits per heavy atom. The Balaban J connectivity index is 1.52. The van der Waals surface area contributed by atoms with Crippen molar-refractivity contribution in [2.45, 2.75) is 19.6 Å². The van der Waals surface area contributed by atoms with E-state index in [0.717, 1.165) is 16.0 Å². The molecule has 1 aliphatic heterocycles. The van der Waals surface area contributed by atoms with Gasteiger partial charge in [0, 0.05) is 31.6 Å². The molecule has 0 aliphatic carbocycles. The summed E-state index contributed by atoms with van der Waals surface area (Å²) in [5, 5.41) is 3.02. The predicted molar refractivity (Wildman–Crippen MR) is 173 cm³/mol. The molecule has 5 aromatic rings. The Morgan fingerprint density at radius 2 is 1.81 bits per heavy atom. The van der Waals surface area contributed by atoms with E-state index in [1.807, 2.05) is 72.1 Å². The molecular formula is C33H24Cl2N2O4S2. The first-order chi connectivity index (χ1) is 20.9. The number of hydrogen-bond acceptors (Lipinski definition) is 7. The third-order valence-electron chi connectivity index (χ3n) is 6.79. The normalized spacial score (nSPS) is 14.8. The molecule has 3 heterocycles. The molecule has 2 aromatic heterocycles. The predicted octanol–water partition coefficient (Wildman–Crippen LogP) is 6.88. The molecule has 0 spiro atoms. The van der Waals surface area contributed by atoms with Crippen molar-refractivity contribution in [3.63, 3.8) is 0 Å². The van der Waals surface area contributed by atoms with Crippen molar-refractivity contribution >= 4 is 63.6 Å². The largest absolute Gasteiger partial charge is 0.488 e. The number of thiazole rings is 1. The number of thiophene rings is 1. The van der Waals surface area contributed by atoms with Gasteiger partial charge in [-0.05, 0) is 48.7 Å². The number of benzene rings is 3. The van der Waals surface area contributed by atoms with Gasteiger partial charge in [0.2, 0.25) is 0 Å². The van der Waals surface area contributed by atoms with E-state index >= 15 is 0 Å². The highest BCUT2D eigenvalue weighted by Gasteiger charge is 2.35. The van der Waals surface area contributed by atoms with Crippen molar-refractivity contribution in [1.29, 1.82) is 0 Å². The molecule has 10 heteroatoms. The van der Waals surface area contributed by atoms with Crippen molar-refractivity contribution in [1.82, 2.24) is 4.57 Å². The fourth-order valence-corrected chi connectivity index (χ4v) is 7.02. The van der Waals surface area contributed by atoms with Crippen LogP contribution in [-0.2, 0) is 16.1 Å². The van der Waals surface area contributed by atoms with Gasteiger partial charge in [-0.15, -0.1) is 11.3 Å². The van der Waals surface area contributed by atoms with Gasteiger partial charge in [-0.1, -0.05) is 89.1 Å². The topological polar surface area (TPSA) is 69.9 Å². The van der Waals surface area contributed by atoms with Gasteiger partial charge in [0.1, 0.15) is 18.4 Å². The zero-order chi connectivity index (χ0) is 29.9. The van der Waals surface area contributed by atoms with Gasteiger partial charge >= 0.3 is 5.97 Å². The van der Waals surface area contributed by atoms with Crippen molar-refractivity contribution in [3.05, 3.63) is 147 Å². The van der Waals surface area contributed by atoms with Crippen molar-refractivity contribution < 1.29 is 14.3 Å². The maximum atomic E-state index is 14.1. The minimum Gasteiger partial charge on any atom is -0.488 e. The second kappa shape index (κ2) is 12.7. The van der Waals surface area contributed by atoms with E-state index in [0.29, 0.717) is 42.0 Å². The first-order valence-electron chi connectivity index (χ1n) is 13.4. The van der Waals surface area contributed by atoms with E-state index in [2.05, 4.69) is 0 Å². The van der Waals surface area contributed by atoms with Crippen LogP contribution in [0.25, 0.3) is 11.8 Å². The molecule has 6 nitrogen and oxygen atoms in total. The zero-order valence-electron chi connectivity index (χ0n) is 22.8. The number of ether oxygens (including phenoxy) is 2. The van der Waals surface area contributed by atoms with Crippen LogP contribution in [0.15, 0.2) is 106 Å². The van der Waals surface area contributed by atoms with E-state index in [-0.39, 0.29) is 18.8 Å². The smallest absolute Gasteiger partial charge is 0.338 e. The van der Waals surface area contributed by atoms with E-state index in [1.54, 1.807) is 35.8 Å². The number of carbonyl (C=O) groups excluding carboxylic acids is 1. The number of nitrogens with zero attached hydrogens (tertiary/aromatic N) is 2. The van der Waals surface area contributed by atoms with Gasteiger partial charge < -0.3 is 9.47 Å². The summed E-state index contributed by atoms with van der Waals surface area (Å²) in [7, 11) is 0. The molecule has 0 saturated heterocycles. The standard InChI is InChI=1S/C33H24Cl2N2O4S2/c1-2-40-32(39)28-29(20-9-4-3-5-10-20)36-33-37(30(28)26-13-8-16-42-26)31(38)27(43-33)18-22-17-23(34)14-15-25(22)41-19-21-11-6-7-12-24(21)35/h3-18,30H,2,19H2,1H3/b27-18-/t30-/m0/s1. The lowest BCUT2D eigenvalue weighted by atomic mass is 9.97. The number of esters is 1. The highest BCUT2D eigenvalue weighted by Crippen LogP contribution is 2.37. The summed E-state index contributed by atoms with van der Waals surface area (Å²) in [6.45, 7) is 2.19. The molecule has 1 atom stereocenters. The molecule has 0 N–H and O–H groups in total. The maximum absolute atomic E-state index is 14.1. The summed E-state index contributed by atoms with van der Waals surface area (Å²) < 4.78 is 13.6. The molecule has 0 fully saturated rings. The van der Waals surface area contributed by atoms with E-state index in [9.17, 15) is 9.59 Å². The monoisotopic (exact) mass is 646 g/mol. The minimum absolute atomic E-state index is 0.192. The summed E-state index contributed by atoms with van der Waals surface area (Å²) in [6.07, 6.45) is 1.75. The Bertz CT molecular complexity index is 2020. The summed E-state index contributed by atoms with van der Waals surface area (Å²) >= 11 is 15.4. The number of hydrogen-bond donors (Lipinski definition) is 0. The molecule has 43 heavy (non-hydrogen) atoms. The van der Waals surface area contributed by atoms with Crippen LogP contribution in [0.4, 0.5) is 0 Å². The first-order valence-corrected chi connectivity index (χ1v) is 15.9. The average Bonchev–Trinajstić information content (AvgIpc) is 3.65. The van der Waals surface area contributed by atoms with Gasteiger partial charge in [-0.2, -0.15) is 0 Å². The lowest BCUT2D eigenvalue weighted by Gasteiger charge is -2.24. The van der Waals surface area contributed by atoms with Gasteiger partial charge in [-0.25, -0.2) is 9.79 Å². The second-order valence-electron chi connectivity index (χ2n) is 9.51. The molecule has 0 bridgehead atoms. The Hall–Kier alpha value is -3.95. The molecule has 0 amide bonds. The number of halogens is 2. The number of fused-ring (bicyclic) bond motifs is 1. The van der Waals surface area contributed by atoms with Crippen molar-refractivity contribution in [3.8, 4) is 5.75 Å². The zero-order valence-corrected chi connectivity index (χ0v) is 26.0. The van der Waals surface area contributed by atoms with Crippen LogP contribution in [0.1, 0.15) is 34.5 Å². The lowest BCUT2D eigenvalue weighted by Crippen LogP contribution is -2.39. The molecule has 0 saturated carbocycles. The summed E-state index contributed by atoms with van der Waals surface area (Å²) in [4.78, 5) is 33.8. The molecule has 6 rings (SSSR count). The number of aromatic nitrogens is 1. The van der Waals surface area contributed by atoms with Crippen LogP contribution in [0, 0.1) is 0 Å². The van der Waals surface area contributed by atoms with Crippen molar-refractivity contribution in [2.75, 3.05) is 6.61 Å². The van der Waals surface area contributed by atoms with Crippen LogP contribution in [0.2, 0.25) is 10.0 Å². The average molecular weight is 648 g/mol. The molecular weight excluding hydrogens is 623 g/mol. The highest BCUT2D eigenvalue weighted by atomic mass is 35.5. The molecule has 0 radical (unpaired) electrons. The minimum atomic E-state index is -0.706. The number of carbonyl (C=O) groups is 1. The van der Waals surface area contributed by atoms with Crippen LogP contribution in [-0.4, -0.2) is 17.1 Å². The summed E-state index contributed by atoms with van der Waals surface area (Å²) in [5.74, 6) is 0.0324. The fraction of sp³-hybridized carbons (Fsp3) is 0.121. The molecule has 0 unspecified atom stereocenters. The van der Waals surface area contributed by atoms with Gasteiger partial charge in [0.15, 0.2) is 4.80 Å². The maximum Gasteiger partial charge on any atom is 0.338 e. The Labute approximate surface area is 265 Å². The highest BCUT2D eigenvalue weighted by molar-refractivity contribution is 7.10. The van der Waals surface area contributed by atoms with Crippen LogP contribution in [0.5, 0.6) is 5.75 Å². The Kier molecular flexibility index (Phi) is 8.63. The second-order valence-corrected chi connectivity index (χ2v) is 12.3. The number of rotatable bonds is 8. The first kappa shape index (κ1) is 29.1. The third-order valence-corrected chi connectivity index (χ3v) is 9.30. The van der Waals surface area contributed by atoms with Gasteiger partial charge in [0.05, 0.1) is 22.4 Å². The van der Waals surface area contributed by atoms with E-state index < -0.39 is 12.0 Å². The van der Waals surface area contributed by atoms with Crippen LogP contribution < -0.4 is 19.6 Å². The molecule has 3 aromatic carbocycles. The SMILES string of the molecule is CCOC(=O)C1=C(c2ccccc2)N=c2s/c(=C\c3cc(Cl)ccc3OCc3ccccc3Cl)c(=O)n2[C@H]1c1cccs1.